The van der Waals surface area contributed by atoms with Crippen molar-refractivity contribution in [1.82, 2.24) is 8.96 Å². The van der Waals surface area contributed by atoms with Crippen molar-refractivity contribution >= 4 is 32.7 Å². The number of halogens is 3. The average molecular weight is 625 g/mol. The number of carbonyl (C=O) groups is 1. The second kappa shape index (κ2) is 12.5. The number of nitrogens with zero attached hydrogens (tertiary/aromatic N) is 3. The summed E-state index contributed by atoms with van der Waals surface area (Å²) in [5.74, 6) is -3.98. The number of esters is 1. The molecule has 1 unspecified atom stereocenters. The summed E-state index contributed by atoms with van der Waals surface area (Å²) >= 11 is 0. The Morgan fingerprint density at radius 2 is 1.86 bits per heavy atom. The number of fused-ring (bicyclic) bond motifs is 1. The van der Waals surface area contributed by atoms with E-state index in [4.69, 9.17) is 4.74 Å². The van der Waals surface area contributed by atoms with Crippen LogP contribution in [0.15, 0.2) is 66.2 Å². The van der Waals surface area contributed by atoms with E-state index >= 15 is 8.78 Å². The lowest BCUT2D eigenvalue weighted by molar-refractivity contribution is -0.144. The maximum Gasteiger partial charge on any atom is 0.307 e. The molecule has 1 N–H and O–H groups in total. The van der Waals surface area contributed by atoms with Crippen molar-refractivity contribution in [2.75, 3.05) is 11.9 Å². The quantitative estimate of drug-likeness (QED) is 0.143. The number of pyridine rings is 1. The predicted molar refractivity (Wildman–Crippen MR) is 161 cm³/mol. The van der Waals surface area contributed by atoms with Crippen molar-refractivity contribution in [2.45, 2.75) is 51.5 Å². The Morgan fingerprint density at radius 3 is 2.48 bits per heavy atom. The first-order chi connectivity index (χ1) is 20.7. The van der Waals surface area contributed by atoms with Gasteiger partial charge in [0.2, 0.25) is 0 Å². The first kappa shape index (κ1) is 32.3. The van der Waals surface area contributed by atoms with Crippen LogP contribution in [0.4, 0.5) is 19.0 Å². The first-order valence-electron chi connectivity index (χ1n) is 13.7. The highest BCUT2D eigenvalue weighted by Gasteiger charge is 2.33. The highest BCUT2D eigenvalue weighted by atomic mass is 32.2. The molecular formula is C32H31F3N4O4S. The second-order valence-corrected chi connectivity index (χ2v) is 12.8. The van der Waals surface area contributed by atoms with Crippen LogP contribution in [-0.4, -0.2) is 36.0 Å². The smallest absolute Gasteiger partial charge is 0.307 e. The summed E-state index contributed by atoms with van der Waals surface area (Å²) in [6.45, 7) is 11.0. The topological polar surface area (TPSA) is 114 Å². The summed E-state index contributed by atoms with van der Waals surface area (Å²) in [4.78, 5) is 16.6. The Labute approximate surface area is 253 Å². The number of rotatable bonds is 11. The van der Waals surface area contributed by atoms with Gasteiger partial charge in [-0.15, -0.1) is 6.58 Å². The molecule has 2 aromatic carbocycles. The Bertz CT molecular complexity index is 1900. The molecule has 230 valence electrons. The monoisotopic (exact) mass is 624 g/mol. The molecule has 0 spiro atoms. The molecule has 8 nitrogen and oxygen atoms in total. The van der Waals surface area contributed by atoms with Crippen molar-refractivity contribution in [3.63, 3.8) is 0 Å². The number of allylic oxidation sites excluding steroid dienone is 1. The summed E-state index contributed by atoms with van der Waals surface area (Å²) in [6.07, 6.45) is 2.96. The third-order valence-corrected chi connectivity index (χ3v) is 8.99. The fourth-order valence-electron chi connectivity index (χ4n) is 4.92. The van der Waals surface area contributed by atoms with Crippen LogP contribution in [0, 0.1) is 41.1 Å². The molecule has 0 radical (unpaired) electrons. The molecule has 4 aromatic rings. The van der Waals surface area contributed by atoms with Crippen LogP contribution < -0.4 is 5.32 Å². The summed E-state index contributed by atoms with van der Waals surface area (Å²) in [5, 5.41) is 12.6. The Hall–Kier alpha value is -4.63. The van der Waals surface area contributed by atoms with Gasteiger partial charge >= 0.3 is 5.97 Å². The zero-order valence-electron chi connectivity index (χ0n) is 24.6. The van der Waals surface area contributed by atoms with Crippen LogP contribution in [-0.2, 0) is 19.6 Å². The van der Waals surface area contributed by atoms with Gasteiger partial charge in [-0.25, -0.2) is 30.5 Å². The molecule has 0 saturated carbocycles. The standard InChI is InChI=1S/C32H31F3N4O4S/c1-6-12-32(4,5)27(16-28(40)43-7-2)37-31-26(35)13-20(17-36)29(38-31)24-18-39(30-23(24)14-21(33)15-25(30)34)44(41,42)22-10-8-19(3)9-11-22/h6,8-11,13-15,18,27H,1,7,12,16H2,2-5H3,(H,37,38). The van der Waals surface area contributed by atoms with Gasteiger partial charge in [0.1, 0.15) is 17.4 Å². The van der Waals surface area contributed by atoms with Crippen LogP contribution in [0.3, 0.4) is 0 Å². The third kappa shape index (κ3) is 6.33. The van der Waals surface area contributed by atoms with Crippen LogP contribution in [0.25, 0.3) is 22.2 Å². The molecule has 0 fully saturated rings. The number of aryl methyl sites for hydroxylation is 1. The largest absolute Gasteiger partial charge is 0.466 e. The van der Waals surface area contributed by atoms with Crippen molar-refractivity contribution in [3.05, 3.63) is 89.9 Å². The molecule has 0 aliphatic rings. The van der Waals surface area contributed by atoms with Crippen molar-refractivity contribution in [3.8, 4) is 17.3 Å². The lowest BCUT2D eigenvalue weighted by Gasteiger charge is -2.34. The molecular weight excluding hydrogens is 593 g/mol. The molecule has 0 aliphatic heterocycles. The summed E-state index contributed by atoms with van der Waals surface area (Å²) in [6, 6.07) is 9.32. The van der Waals surface area contributed by atoms with Crippen molar-refractivity contribution in [2.24, 2.45) is 5.41 Å². The van der Waals surface area contributed by atoms with E-state index in [1.165, 1.54) is 12.1 Å². The highest BCUT2D eigenvalue weighted by Crippen LogP contribution is 2.38. The van der Waals surface area contributed by atoms with E-state index in [-0.39, 0.29) is 45.9 Å². The molecule has 2 aromatic heterocycles. The number of benzene rings is 2. The Morgan fingerprint density at radius 1 is 1.18 bits per heavy atom. The van der Waals surface area contributed by atoms with Gasteiger partial charge in [-0.05, 0) is 49.9 Å². The maximum atomic E-state index is 15.4. The van der Waals surface area contributed by atoms with Gasteiger partial charge in [0.05, 0.1) is 29.2 Å². The van der Waals surface area contributed by atoms with Crippen molar-refractivity contribution in [1.29, 1.82) is 5.26 Å². The predicted octanol–water partition coefficient (Wildman–Crippen LogP) is 6.87. The van der Waals surface area contributed by atoms with Gasteiger partial charge in [0, 0.05) is 29.3 Å². The molecule has 0 bridgehead atoms. The second-order valence-electron chi connectivity index (χ2n) is 11.0. The number of hydrogen-bond donors (Lipinski definition) is 1. The number of nitriles is 1. The summed E-state index contributed by atoms with van der Waals surface area (Å²) in [7, 11) is -4.41. The fourth-order valence-corrected chi connectivity index (χ4v) is 6.30. The zero-order chi connectivity index (χ0) is 32.4. The van der Waals surface area contributed by atoms with Gasteiger partial charge in [0.25, 0.3) is 10.0 Å². The lowest BCUT2D eigenvalue weighted by atomic mass is 9.79. The minimum absolute atomic E-state index is 0.124. The molecule has 0 aliphatic carbocycles. The van der Waals surface area contributed by atoms with E-state index in [1.807, 2.05) is 19.9 Å². The number of hydrogen-bond acceptors (Lipinski definition) is 7. The van der Waals surface area contributed by atoms with Gasteiger partial charge in [-0.1, -0.05) is 37.6 Å². The van der Waals surface area contributed by atoms with E-state index in [9.17, 15) is 22.9 Å². The minimum atomic E-state index is -4.41. The zero-order valence-corrected chi connectivity index (χ0v) is 25.4. The van der Waals surface area contributed by atoms with E-state index < -0.39 is 50.4 Å². The highest BCUT2D eigenvalue weighted by molar-refractivity contribution is 7.90. The van der Waals surface area contributed by atoms with Crippen LogP contribution in [0.1, 0.15) is 44.7 Å². The normalized spacial score (nSPS) is 12.5. The molecule has 1 atom stereocenters. The SMILES string of the molecule is C=CCC(C)(C)C(CC(=O)OCC)Nc1nc(-c2cn(S(=O)(=O)c3ccc(C)cc3)c3c(F)cc(F)cc23)c(C#N)cc1F. The molecule has 4 rings (SSSR count). The molecule has 2 heterocycles. The van der Waals surface area contributed by atoms with E-state index in [0.29, 0.717) is 16.5 Å². The van der Waals surface area contributed by atoms with Gasteiger partial charge in [-0.3, -0.25) is 4.79 Å². The Kier molecular flexibility index (Phi) is 9.20. The van der Waals surface area contributed by atoms with E-state index in [2.05, 4.69) is 16.9 Å². The van der Waals surface area contributed by atoms with Crippen LogP contribution in [0.5, 0.6) is 0 Å². The van der Waals surface area contributed by atoms with Crippen molar-refractivity contribution < 1.29 is 31.1 Å². The average Bonchev–Trinajstić information content (AvgIpc) is 3.34. The lowest BCUT2D eigenvalue weighted by Crippen LogP contribution is -2.39. The van der Waals surface area contributed by atoms with Crippen LogP contribution >= 0.6 is 0 Å². The maximum absolute atomic E-state index is 15.4. The molecule has 44 heavy (non-hydrogen) atoms. The third-order valence-electron chi connectivity index (χ3n) is 7.32. The molecule has 0 amide bonds. The van der Waals surface area contributed by atoms with Crippen LogP contribution in [0.2, 0.25) is 0 Å². The number of anilines is 1. The summed E-state index contributed by atoms with van der Waals surface area (Å²) < 4.78 is 78.4. The molecule has 0 saturated heterocycles. The van der Waals surface area contributed by atoms with Gasteiger partial charge < -0.3 is 10.1 Å². The van der Waals surface area contributed by atoms with E-state index in [0.717, 1.165) is 23.9 Å². The van der Waals surface area contributed by atoms with Gasteiger partial charge in [0.15, 0.2) is 17.5 Å². The first-order valence-corrected chi connectivity index (χ1v) is 15.1. The summed E-state index contributed by atoms with van der Waals surface area (Å²) in [5.41, 5.74) is -0.986. The van der Waals surface area contributed by atoms with E-state index in [1.54, 1.807) is 32.1 Å². The number of aromatic nitrogens is 2. The Balaban J connectivity index is 1.95. The molecule has 12 heteroatoms. The fraction of sp³-hybridized carbons (Fsp3) is 0.281. The minimum Gasteiger partial charge on any atom is -0.466 e. The van der Waals surface area contributed by atoms with Gasteiger partial charge in [-0.2, -0.15) is 5.26 Å². The number of nitrogens with one attached hydrogen (secondary N) is 1. The number of ether oxygens (including phenoxy) is 1. The number of carbonyl (C=O) groups excluding carboxylic acids is 1.